The molecule has 0 aromatic heterocycles. The highest BCUT2D eigenvalue weighted by atomic mass is 16.5. The lowest BCUT2D eigenvalue weighted by Crippen LogP contribution is -2.17. The lowest BCUT2D eigenvalue weighted by Gasteiger charge is -2.15. The van der Waals surface area contributed by atoms with Crippen LogP contribution in [0.3, 0.4) is 0 Å². The smallest absolute Gasteiger partial charge is 0.308 e. The fraction of sp³-hybridized carbons (Fsp3) is 0.333. The molecule has 0 unspecified atom stereocenters. The summed E-state index contributed by atoms with van der Waals surface area (Å²) in [6, 6.07) is 6.67. The van der Waals surface area contributed by atoms with Crippen LogP contribution in [0.2, 0.25) is 0 Å². The van der Waals surface area contributed by atoms with E-state index in [1.54, 1.807) is 30.3 Å². The predicted molar refractivity (Wildman–Crippen MR) is 73.6 cm³/mol. The summed E-state index contributed by atoms with van der Waals surface area (Å²) in [5.41, 5.74) is 0. The van der Waals surface area contributed by atoms with Gasteiger partial charge in [-0.1, -0.05) is 12.7 Å². The van der Waals surface area contributed by atoms with Gasteiger partial charge < -0.3 is 14.2 Å². The minimum absolute atomic E-state index is 0.256. The van der Waals surface area contributed by atoms with Gasteiger partial charge in [-0.3, -0.25) is 9.59 Å². The van der Waals surface area contributed by atoms with E-state index in [4.69, 9.17) is 14.2 Å². The maximum atomic E-state index is 10.8. The average molecular weight is 278 g/mol. The Morgan fingerprint density at radius 3 is 2.25 bits per heavy atom. The Morgan fingerprint density at radius 2 is 1.75 bits per heavy atom. The summed E-state index contributed by atoms with van der Waals surface area (Å²) in [5.74, 6) is 0.385. The van der Waals surface area contributed by atoms with Crippen LogP contribution in [0.4, 0.5) is 0 Å². The SMILES string of the molecule is C=C[C@@H](CCOC(C)=O)Oc1ccc(OC(C)=O)cc1. The quantitative estimate of drug-likeness (QED) is 0.435. The van der Waals surface area contributed by atoms with Crippen LogP contribution in [-0.4, -0.2) is 24.6 Å². The Kier molecular flexibility index (Phi) is 6.29. The molecule has 0 aliphatic carbocycles. The first-order valence-electron chi connectivity index (χ1n) is 6.22. The molecular formula is C15H18O5. The summed E-state index contributed by atoms with van der Waals surface area (Å²) in [6.45, 7) is 6.65. The first-order valence-corrected chi connectivity index (χ1v) is 6.22. The highest BCUT2D eigenvalue weighted by Crippen LogP contribution is 2.19. The van der Waals surface area contributed by atoms with Crippen molar-refractivity contribution in [3.63, 3.8) is 0 Å². The van der Waals surface area contributed by atoms with Gasteiger partial charge in [-0.2, -0.15) is 0 Å². The Hall–Kier alpha value is -2.30. The second kappa shape index (κ2) is 7.99. The fourth-order valence-electron chi connectivity index (χ4n) is 1.47. The summed E-state index contributed by atoms with van der Waals surface area (Å²) < 4.78 is 15.4. The van der Waals surface area contributed by atoms with E-state index in [1.807, 2.05) is 0 Å². The molecule has 0 bridgehead atoms. The van der Waals surface area contributed by atoms with Crippen LogP contribution in [0.25, 0.3) is 0 Å². The van der Waals surface area contributed by atoms with E-state index in [1.165, 1.54) is 13.8 Å². The zero-order valence-corrected chi connectivity index (χ0v) is 11.6. The molecule has 0 saturated carbocycles. The molecular weight excluding hydrogens is 260 g/mol. The number of rotatable bonds is 7. The van der Waals surface area contributed by atoms with Crippen LogP contribution in [0, 0.1) is 0 Å². The van der Waals surface area contributed by atoms with Crippen LogP contribution in [0.1, 0.15) is 20.3 Å². The van der Waals surface area contributed by atoms with E-state index in [9.17, 15) is 9.59 Å². The van der Waals surface area contributed by atoms with Gasteiger partial charge in [0.1, 0.15) is 17.6 Å². The van der Waals surface area contributed by atoms with E-state index >= 15 is 0 Å². The molecule has 20 heavy (non-hydrogen) atoms. The number of hydrogen-bond acceptors (Lipinski definition) is 5. The van der Waals surface area contributed by atoms with Gasteiger partial charge in [0, 0.05) is 20.3 Å². The van der Waals surface area contributed by atoms with Crippen molar-refractivity contribution in [2.45, 2.75) is 26.4 Å². The van der Waals surface area contributed by atoms with Gasteiger partial charge in [0.25, 0.3) is 0 Å². The van der Waals surface area contributed by atoms with Crippen LogP contribution in [0.15, 0.2) is 36.9 Å². The standard InChI is InChI=1S/C15H18O5/c1-4-13(9-10-18-11(2)16)20-15-7-5-14(6-8-15)19-12(3)17/h4-8,13H,1,9-10H2,2-3H3/t13-/m0/s1. The van der Waals surface area contributed by atoms with E-state index in [0.717, 1.165) is 0 Å². The molecule has 5 heteroatoms. The molecule has 1 aromatic carbocycles. The molecule has 0 amide bonds. The first-order chi connectivity index (χ1) is 9.51. The van der Waals surface area contributed by atoms with E-state index < -0.39 is 0 Å². The Morgan fingerprint density at radius 1 is 1.15 bits per heavy atom. The monoisotopic (exact) mass is 278 g/mol. The van der Waals surface area contributed by atoms with Gasteiger partial charge in [-0.25, -0.2) is 0 Å². The third-order valence-electron chi connectivity index (χ3n) is 2.34. The molecule has 0 spiro atoms. The summed E-state index contributed by atoms with van der Waals surface area (Å²) >= 11 is 0. The lowest BCUT2D eigenvalue weighted by molar-refractivity contribution is -0.141. The Balaban J connectivity index is 2.50. The van der Waals surface area contributed by atoms with Crippen molar-refractivity contribution < 1.29 is 23.8 Å². The summed E-state index contributed by atoms with van der Waals surface area (Å²) in [4.78, 5) is 21.5. The summed E-state index contributed by atoms with van der Waals surface area (Å²) in [7, 11) is 0. The second-order valence-corrected chi connectivity index (χ2v) is 4.09. The molecule has 1 aromatic rings. The third-order valence-corrected chi connectivity index (χ3v) is 2.34. The molecule has 5 nitrogen and oxygen atoms in total. The maximum absolute atomic E-state index is 10.8. The highest BCUT2D eigenvalue weighted by Gasteiger charge is 2.07. The maximum Gasteiger partial charge on any atom is 0.308 e. The molecule has 0 radical (unpaired) electrons. The summed E-state index contributed by atoms with van der Waals surface area (Å²) in [6.07, 6.45) is 1.91. The number of benzene rings is 1. The largest absolute Gasteiger partial charge is 0.486 e. The van der Waals surface area contributed by atoms with Gasteiger partial charge in [0.2, 0.25) is 0 Å². The Labute approximate surface area is 118 Å². The zero-order chi connectivity index (χ0) is 15.0. The normalized spacial score (nSPS) is 11.3. The van der Waals surface area contributed by atoms with Crippen molar-refractivity contribution in [2.24, 2.45) is 0 Å². The van der Waals surface area contributed by atoms with Gasteiger partial charge in [-0.15, -0.1) is 0 Å². The van der Waals surface area contributed by atoms with Crippen molar-refractivity contribution in [3.8, 4) is 11.5 Å². The second-order valence-electron chi connectivity index (χ2n) is 4.09. The minimum atomic E-state index is -0.371. The topological polar surface area (TPSA) is 61.8 Å². The molecule has 0 heterocycles. The third kappa shape index (κ3) is 6.04. The van der Waals surface area contributed by atoms with Gasteiger partial charge in [0.15, 0.2) is 0 Å². The molecule has 1 rings (SSSR count). The van der Waals surface area contributed by atoms with Crippen molar-refractivity contribution in [1.82, 2.24) is 0 Å². The molecule has 0 fully saturated rings. The lowest BCUT2D eigenvalue weighted by atomic mass is 10.2. The molecule has 1 atom stereocenters. The Bertz CT molecular complexity index is 464. The van der Waals surface area contributed by atoms with E-state index in [2.05, 4.69) is 6.58 Å². The number of ether oxygens (including phenoxy) is 3. The number of carbonyl (C=O) groups is 2. The molecule has 0 N–H and O–H groups in total. The highest BCUT2D eigenvalue weighted by molar-refractivity contribution is 5.69. The van der Waals surface area contributed by atoms with Gasteiger partial charge in [0.05, 0.1) is 6.61 Å². The zero-order valence-electron chi connectivity index (χ0n) is 11.6. The van der Waals surface area contributed by atoms with E-state index in [0.29, 0.717) is 17.9 Å². The minimum Gasteiger partial charge on any atom is -0.486 e. The van der Waals surface area contributed by atoms with Crippen molar-refractivity contribution in [3.05, 3.63) is 36.9 Å². The van der Waals surface area contributed by atoms with E-state index in [-0.39, 0.29) is 24.6 Å². The molecule has 0 aliphatic heterocycles. The van der Waals surface area contributed by atoms with Gasteiger partial charge >= 0.3 is 11.9 Å². The number of carbonyl (C=O) groups excluding carboxylic acids is 2. The van der Waals surface area contributed by atoms with Crippen molar-refractivity contribution >= 4 is 11.9 Å². The number of hydrogen-bond donors (Lipinski definition) is 0. The van der Waals surface area contributed by atoms with Crippen LogP contribution in [0.5, 0.6) is 11.5 Å². The first kappa shape index (κ1) is 15.8. The summed E-state index contributed by atoms with van der Waals surface area (Å²) in [5, 5.41) is 0. The van der Waals surface area contributed by atoms with Crippen molar-refractivity contribution in [2.75, 3.05) is 6.61 Å². The van der Waals surface area contributed by atoms with Gasteiger partial charge in [-0.05, 0) is 24.3 Å². The molecule has 0 saturated heterocycles. The molecule has 108 valence electrons. The average Bonchev–Trinajstić information content (AvgIpc) is 2.38. The van der Waals surface area contributed by atoms with Crippen molar-refractivity contribution in [1.29, 1.82) is 0 Å². The fourth-order valence-corrected chi connectivity index (χ4v) is 1.47. The van der Waals surface area contributed by atoms with Crippen LogP contribution < -0.4 is 9.47 Å². The van der Waals surface area contributed by atoms with Crippen LogP contribution in [-0.2, 0) is 14.3 Å². The molecule has 0 aliphatic rings. The van der Waals surface area contributed by atoms with Crippen LogP contribution >= 0.6 is 0 Å². The number of esters is 2. The predicted octanol–water partition coefficient (Wildman–Crippen LogP) is 2.50.